The van der Waals surface area contributed by atoms with Crippen molar-refractivity contribution in [1.82, 2.24) is 14.8 Å². The van der Waals surface area contributed by atoms with Gasteiger partial charge in [0.25, 0.3) is 5.91 Å². The molecule has 8 nitrogen and oxygen atoms in total. The summed E-state index contributed by atoms with van der Waals surface area (Å²) < 4.78 is 20.2. The quantitative estimate of drug-likeness (QED) is 0.462. The molecule has 1 aromatic carbocycles. The minimum absolute atomic E-state index is 0.122. The van der Waals surface area contributed by atoms with E-state index in [0.717, 1.165) is 50.1 Å². The molecule has 1 aromatic heterocycles. The molecule has 2 aromatic rings. The smallest absolute Gasteiger partial charge is 0.282 e. The van der Waals surface area contributed by atoms with E-state index in [1.165, 1.54) is 46.5 Å². The Morgan fingerprint density at radius 3 is 2.86 bits per heavy atom. The summed E-state index contributed by atoms with van der Waals surface area (Å²) in [5, 5.41) is 9.50. The first-order chi connectivity index (χ1) is 20.4. The zero-order valence-corrected chi connectivity index (χ0v) is 24.4. The number of aromatic nitrogens is 1. The largest absolute Gasteiger partial charge is 0.476 e. The molecule has 220 valence electrons. The van der Waals surface area contributed by atoms with Crippen molar-refractivity contribution in [3.05, 3.63) is 58.9 Å². The Balaban J connectivity index is 1.19. The van der Waals surface area contributed by atoms with Crippen LogP contribution in [0.2, 0.25) is 0 Å². The topological polar surface area (TPSA) is 75.9 Å². The predicted octanol–water partition coefficient (Wildman–Crippen LogP) is 4.19. The predicted molar refractivity (Wildman–Crippen MR) is 159 cm³/mol. The highest BCUT2D eigenvalue weighted by molar-refractivity contribution is 5.91. The van der Waals surface area contributed by atoms with E-state index >= 15 is 0 Å². The lowest BCUT2D eigenvalue weighted by molar-refractivity contribution is -0.131. The van der Waals surface area contributed by atoms with Gasteiger partial charge in [0, 0.05) is 56.1 Å². The number of nitrogens with zero attached hydrogens (tertiary/aromatic N) is 6. The molecule has 4 atom stereocenters. The molecule has 2 saturated heterocycles. The van der Waals surface area contributed by atoms with E-state index in [-0.39, 0.29) is 6.42 Å². The monoisotopic (exact) mass is 570 g/mol. The van der Waals surface area contributed by atoms with Crippen LogP contribution in [-0.2, 0) is 24.2 Å². The number of ether oxygens (including phenoxy) is 1. The number of pyridine rings is 1. The van der Waals surface area contributed by atoms with Gasteiger partial charge >= 0.3 is 0 Å². The maximum atomic E-state index is 13.8. The van der Waals surface area contributed by atoms with Crippen molar-refractivity contribution in [2.45, 2.75) is 63.1 Å². The Morgan fingerprint density at radius 1 is 1.19 bits per heavy atom. The molecule has 42 heavy (non-hydrogen) atoms. The Kier molecular flexibility index (Phi) is 7.05. The molecule has 2 unspecified atom stereocenters. The maximum Gasteiger partial charge on any atom is 0.282 e. The van der Waals surface area contributed by atoms with Gasteiger partial charge in [-0.3, -0.25) is 4.79 Å². The van der Waals surface area contributed by atoms with E-state index in [2.05, 4.69) is 58.7 Å². The Labute approximate surface area is 247 Å². The van der Waals surface area contributed by atoms with E-state index < -0.39 is 17.8 Å². The third-order valence-corrected chi connectivity index (χ3v) is 10.2. The number of anilines is 2. The molecular weight excluding hydrogens is 531 g/mol. The van der Waals surface area contributed by atoms with Gasteiger partial charge in [0.05, 0.1) is 18.5 Å². The SMILES string of the molecule is C=C(F)C(=O)N1CCN(c2nc(OC[C@@H]3CCCN3C)cc3c2CCN(c2cccc4c2C2CC2C4)C3)C[C@@H]1CC#N. The van der Waals surface area contributed by atoms with Crippen LogP contribution in [0.4, 0.5) is 15.9 Å². The first kappa shape index (κ1) is 27.2. The van der Waals surface area contributed by atoms with Gasteiger partial charge < -0.3 is 24.3 Å². The number of carbonyl (C=O) groups excluding carboxylic acids is 1. The average molecular weight is 571 g/mol. The maximum absolute atomic E-state index is 13.8. The van der Waals surface area contributed by atoms with Crippen LogP contribution in [0.15, 0.2) is 36.7 Å². The molecule has 0 radical (unpaired) electrons. The number of hydrogen-bond donors (Lipinski definition) is 0. The second-order valence-electron chi connectivity index (χ2n) is 12.7. The molecule has 4 heterocycles. The minimum atomic E-state index is -0.987. The van der Waals surface area contributed by atoms with E-state index in [0.29, 0.717) is 38.2 Å². The molecule has 9 heteroatoms. The summed E-state index contributed by atoms with van der Waals surface area (Å²) in [5.74, 6) is 1.34. The van der Waals surface area contributed by atoms with Crippen LogP contribution in [0, 0.1) is 17.2 Å². The number of fused-ring (bicyclic) bond motifs is 4. The number of hydrogen-bond acceptors (Lipinski definition) is 7. The molecule has 1 saturated carbocycles. The summed E-state index contributed by atoms with van der Waals surface area (Å²) >= 11 is 0. The fourth-order valence-corrected chi connectivity index (χ4v) is 7.78. The van der Waals surface area contributed by atoms with E-state index in [9.17, 15) is 14.4 Å². The van der Waals surface area contributed by atoms with E-state index in [1.54, 1.807) is 5.56 Å². The van der Waals surface area contributed by atoms with Gasteiger partial charge in [0.15, 0.2) is 5.83 Å². The number of amides is 1. The van der Waals surface area contributed by atoms with Crippen LogP contribution >= 0.6 is 0 Å². The van der Waals surface area contributed by atoms with Crippen LogP contribution in [0.3, 0.4) is 0 Å². The number of likely N-dealkylation sites (N-methyl/N-ethyl adjacent to an activating group) is 1. The van der Waals surface area contributed by atoms with Gasteiger partial charge in [-0.1, -0.05) is 18.7 Å². The number of carbonyl (C=O) groups is 1. The van der Waals surface area contributed by atoms with Gasteiger partial charge in [0.2, 0.25) is 5.88 Å². The molecule has 0 bridgehead atoms. The summed E-state index contributed by atoms with van der Waals surface area (Å²) in [5.41, 5.74) is 6.89. The van der Waals surface area contributed by atoms with Crippen LogP contribution in [0.25, 0.3) is 0 Å². The fourth-order valence-electron chi connectivity index (χ4n) is 7.78. The van der Waals surface area contributed by atoms with Gasteiger partial charge in [-0.15, -0.1) is 0 Å². The number of nitriles is 1. The summed E-state index contributed by atoms with van der Waals surface area (Å²) in [6, 6.07) is 11.1. The molecule has 0 N–H and O–H groups in total. The molecule has 3 fully saturated rings. The normalized spacial score (nSPS) is 26.4. The van der Waals surface area contributed by atoms with Crippen molar-refractivity contribution in [2.75, 3.05) is 56.2 Å². The summed E-state index contributed by atoms with van der Waals surface area (Å²) in [6.07, 6.45) is 5.81. The zero-order valence-electron chi connectivity index (χ0n) is 24.4. The highest BCUT2D eigenvalue weighted by Gasteiger charge is 2.47. The lowest BCUT2D eigenvalue weighted by Crippen LogP contribution is -2.55. The highest BCUT2D eigenvalue weighted by Crippen LogP contribution is 2.59. The molecule has 1 amide bonds. The van der Waals surface area contributed by atoms with Crippen molar-refractivity contribution in [2.24, 2.45) is 5.92 Å². The second-order valence-corrected chi connectivity index (χ2v) is 12.7. The van der Waals surface area contributed by atoms with Crippen molar-refractivity contribution in [3.8, 4) is 11.9 Å². The Hall–Kier alpha value is -3.64. The van der Waals surface area contributed by atoms with Gasteiger partial charge in [-0.05, 0) is 80.3 Å². The molecule has 5 aliphatic rings. The number of likely N-dealkylation sites (tertiary alicyclic amines) is 1. The van der Waals surface area contributed by atoms with E-state index in [1.807, 2.05) is 0 Å². The lowest BCUT2D eigenvalue weighted by atomic mass is 9.96. The van der Waals surface area contributed by atoms with Crippen molar-refractivity contribution < 1.29 is 13.9 Å². The van der Waals surface area contributed by atoms with E-state index in [4.69, 9.17) is 9.72 Å². The van der Waals surface area contributed by atoms with Gasteiger partial charge in [-0.2, -0.15) is 10.2 Å². The standard InChI is InChI=1S/C33H39FN6O2/c1-21(34)33(41)40-14-13-39(19-25(40)8-10-35)32-27-9-12-38(29-7-3-5-22-15-23-16-28(23)31(22)29)18-24(27)17-30(36-32)42-20-26-6-4-11-37(26)2/h3,5,7,17,23,25-26,28H,1,4,6,8-9,11-16,18-20H2,2H3/t23?,25-,26-,28?/m0/s1. The molecular formula is C33H39FN6O2. The second kappa shape index (κ2) is 10.9. The fraction of sp³-hybridized carbons (Fsp3) is 0.545. The number of piperazine rings is 1. The van der Waals surface area contributed by atoms with Crippen LogP contribution in [0.1, 0.15) is 53.9 Å². The van der Waals surface area contributed by atoms with Crippen molar-refractivity contribution in [1.29, 1.82) is 5.26 Å². The van der Waals surface area contributed by atoms with Crippen LogP contribution in [0.5, 0.6) is 5.88 Å². The number of rotatable bonds is 7. The van der Waals surface area contributed by atoms with Crippen molar-refractivity contribution in [3.63, 3.8) is 0 Å². The highest BCUT2D eigenvalue weighted by atomic mass is 19.1. The van der Waals surface area contributed by atoms with Gasteiger partial charge in [0.1, 0.15) is 12.4 Å². The van der Waals surface area contributed by atoms with Gasteiger partial charge in [-0.25, -0.2) is 4.39 Å². The summed E-state index contributed by atoms with van der Waals surface area (Å²) in [4.78, 5) is 26.1. The first-order valence-electron chi connectivity index (χ1n) is 15.4. The molecule has 3 aliphatic heterocycles. The lowest BCUT2D eigenvalue weighted by Gasteiger charge is -2.42. The van der Waals surface area contributed by atoms with Crippen LogP contribution in [-0.4, -0.2) is 79.2 Å². The third kappa shape index (κ3) is 4.90. The van der Waals surface area contributed by atoms with Crippen molar-refractivity contribution >= 4 is 17.4 Å². The average Bonchev–Trinajstić information content (AvgIpc) is 3.47. The Bertz CT molecular complexity index is 1450. The number of halogens is 1. The zero-order chi connectivity index (χ0) is 29.0. The number of benzene rings is 1. The Morgan fingerprint density at radius 2 is 2.07 bits per heavy atom. The molecule has 2 aliphatic carbocycles. The first-order valence-corrected chi connectivity index (χ1v) is 15.4. The third-order valence-electron chi connectivity index (χ3n) is 10.2. The van der Waals surface area contributed by atoms with Crippen LogP contribution < -0.4 is 14.5 Å². The molecule has 7 rings (SSSR count). The summed E-state index contributed by atoms with van der Waals surface area (Å²) in [6.45, 7) is 7.82. The minimum Gasteiger partial charge on any atom is -0.476 e. The summed E-state index contributed by atoms with van der Waals surface area (Å²) in [7, 11) is 2.15. The molecule has 0 spiro atoms.